The minimum Gasteiger partial charge on any atom is -0.192 e. The Morgan fingerprint density at radius 1 is 0.917 bits per heavy atom. The minimum atomic E-state index is 0.582. The van der Waals surface area contributed by atoms with Gasteiger partial charge in [-0.1, -0.05) is 42.0 Å². The third-order valence-electron chi connectivity index (χ3n) is 3.86. The Bertz CT molecular complexity index is 1070. The number of nitrogens with zero attached hydrogens (tertiary/aromatic N) is 5. The molecule has 0 atom stereocenters. The predicted molar refractivity (Wildman–Crippen MR) is 91.1 cm³/mol. The molecule has 0 radical (unpaired) electrons. The summed E-state index contributed by atoms with van der Waals surface area (Å²) in [5.41, 5.74) is 5.16. The van der Waals surface area contributed by atoms with Crippen LogP contribution in [0, 0.1) is 18.3 Å². The van der Waals surface area contributed by atoms with Crippen molar-refractivity contribution in [2.24, 2.45) is 0 Å². The third kappa shape index (κ3) is 2.40. The van der Waals surface area contributed by atoms with Crippen LogP contribution in [-0.4, -0.2) is 19.8 Å². The largest absolute Gasteiger partial charge is 0.192 e. The molecule has 5 heteroatoms. The second kappa shape index (κ2) is 5.60. The van der Waals surface area contributed by atoms with Gasteiger partial charge in [0.2, 0.25) is 0 Å². The molecular weight excluding hydrogens is 298 g/mol. The van der Waals surface area contributed by atoms with Crippen molar-refractivity contribution in [2.75, 3.05) is 0 Å². The number of fused-ring (bicyclic) bond motifs is 1. The first-order chi connectivity index (χ1) is 11.7. The van der Waals surface area contributed by atoms with E-state index in [2.05, 4.69) is 40.4 Å². The van der Waals surface area contributed by atoms with Crippen molar-refractivity contribution in [3.05, 3.63) is 71.8 Å². The molecule has 2 aromatic heterocycles. The van der Waals surface area contributed by atoms with Crippen molar-refractivity contribution in [2.45, 2.75) is 6.92 Å². The highest BCUT2D eigenvalue weighted by atomic mass is 15.4. The van der Waals surface area contributed by atoms with Gasteiger partial charge in [0.25, 0.3) is 0 Å². The van der Waals surface area contributed by atoms with Gasteiger partial charge < -0.3 is 0 Å². The lowest BCUT2D eigenvalue weighted by Crippen LogP contribution is -1.97. The first-order valence-corrected chi connectivity index (χ1v) is 7.55. The lowest BCUT2D eigenvalue weighted by atomic mass is 10.1. The highest BCUT2D eigenvalue weighted by Gasteiger charge is 2.11. The quantitative estimate of drug-likeness (QED) is 0.567. The molecule has 0 bridgehead atoms. The third-order valence-corrected chi connectivity index (χ3v) is 3.86. The number of hydrogen-bond acceptors (Lipinski definition) is 4. The highest BCUT2D eigenvalue weighted by molar-refractivity contribution is 5.64. The number of aryl methyl sites for hydroxylation is 1. The number of aromatic nitrogens is 4. The zero-order valence-corrected chi connectivity index (χ0v) is 13.0. The van der Waals surface area contributed by atoms with E-state index in [0.717, 1.165) is 16.8 Å². The molecule has 0 N–H and O–H groups in total. The second-order valence-electron chi connectivity index (χ2n) is 5.57. The van der Waals surface area contributed by atoms with Gasteiger partial charge in [0.05, 0.1) is 17.3 Å². The zero-order valence-electron chi connectivity index (χ0n) is 13.0. The van der Waals surface area contributed by atoms with Gasteiger partial charge >= 0.3 is 0 Å². The lowest BCUT2D eigenvalue weighted by Gasteiger charge is -2.04. The van der Waals surface area contributed by atoms with Crippen LogP contribution in [0.2, 0.25) is 0 Å². The zero-order chi connectivity index (χ0) is 16.5. The van der Waals surface area contributed by atoms with Crippen molar-refractivity contribution in [1.29, 1.82) is 5.26 Å². The molecule has 24 heavy (non-hydrogen) atoms. The van der Waals surface area contributed by atoms with E-state index in [4.69, 9.17) is 5.26 Å². The van der Waals surface area contributed by atoms with Gasteiger partial charge in [0, 0.05) is 11.1 Å². The molecule has 0 spiro atoms. The highest BCUT2D eigenvalue weighted by Crippen LogP contribution is 2.22. The van der Waals surface area contributed by atoms with Crippen LogP contribution in [0.3, 0.4) is 0 Å². The monoisotopic (exact) mass is 311 g/mol. The minimum absolute atomic E-state index is 0.582. The summed E-state index contributed by atoms with van der Waals surface area (Å²) in [6.07, 6.45) is 0. The molecule has 0 aliphatic heterocycles. The molecule has 4 aromatic rings. The van der Waals surface area contributed by atoms with Gasteiger partial charge in [0.15, 0.2) is 11.5 Å². The molecule has 2 heterocycles. The van der Waals surface area contributed by atoms with Crippen molar-refractivity contribution in [3.8, 4) is 28.7 Å². The van der Waals surface area contributed by atoms with E-state index in [0.29, 0.717) is 17.0 Å². The topological polar surface area (TPSA) is 66.9 Å². The van der Waals surface area contributed by atoms with Crippen LogP contribution in [0.15, 0.2) is 60.7 Å². The summed E-state index contributed by atoms with van der Waals surface area (Å²) in [4.78, 5) is 0. The Morgan fingerprint density at radius 3 is 2.54 bits per heavy atom. The Labute approximate surface area is 138 Å². The molecule has 0 fully saturated rings. The second-order valence-corrected chi connectivity index (χ2v) is 5.57. The molecule has 0 unspecified atom stereocenters. The van der Waals surface area contributed by atoms with Crippen LogP contribution < -0.4 is 0 Å². The Hall–Kier alpha value is -3.52. The molecular formula is C19H13N5. The standard InChI is InChI=1S/C19H13N5/c1-13-5-7-15(8-6-13)17-9-10-18-21-22-19(24(18)23-17)16-4-2-3-14(11-16)12-20/h2-11H,1H3. The van der Waals surface area contributed by atoms with E-state index >= 15 is 0 Å². The van der Waals surface area contributed by atoms with Crippen LogP contribution in [-0.2, 0) is 0 Å². The summed E-state index contributed by atoms with van der Waals surface area (Å²) in [7, 11) is 0. The maximum absolute atomic E-state index is 9.08. The predicted octanol–water partition coefficient (Wildman–Crippen LogP) is 3.64. The summed E-state index contributed by atoms with van der Waals surface area (Å²) >= 11 is 0. The van der Waals surface area contributed by atoms with E-state index in [1.807, 2.05) is 36.4 Å². The van der Waals surface area contributed by atoms with Gasteiger partial charge in [-0.3, -0.25) is 0 Å². The molecule has 114 valence electrons. The van der Waals surface area contributed by atoms with E-state index in [1.54, 1.807) is 16.6 Å². The molecule has 0 saturated carbocycles. The van der Waals surface area contributed by atoms with E-state index in [9.17, 15) is 0 Å². The maximum Gasteiger partial charge on any atom is 0.185 e. The molecule has 0 amide bonds. The van der Waals surface area contributed by atoms with Crippen molar-refractivity contribution < 1.29 is 0 Å². The van der Waals surface area contributed by atoms with Crippen LogP contribution in [0.5, 0.6) is 0 Å². The maximum atomic E-state index is 9.08. The fourth-order valence-corrected chi connectivity index (χ4v) is 2.58. The Balaban J connectivity index is 1.87. The normalized spacial score (nSPS) is 10.7. The van der Waals surface area contributed by atoms with Crippen LogP contribution in [0.4, 0.5) is 0 Å². The summed E-state index contributed by atoms with van der Waals surface area (Å²) < 4.78 is 1.71. The SMILES string of the molecule is Cc1ccc(-c2ccc3nnc(-c4cccc(C#N)c4)n3n2)cc1. The Morgan fingerprint density at radius 2 is 1.75 bits per heavy atom. The first-order valence-electron chi connectivity index (χ1n) is 7.55. The molecule has 5 nitrogen and oxygen atoms in total. The van der Waals surface area contributed by atoms with Gasteiger partial charge in [-0.25, -0.2) is 0 Å². The van der Waals surface area contributed by atoms with Gasteiger partial charge in [-0.2, -0.15) is 14.9 Å². The Kier molecular flexibility index (Phi) is 3.29. The van der Waals surface area contributed by atoms with Gasteiger partial charge in [-0.15, -0.1) is 10.2 Å². The average Bonchev–Trinajstić information content (AvgIpc) is 3.05. The van der Waals surface area contributed by atoms with E-state index in [1.165, 1.54) is 5.56 Å². The van der Waals surface area contributed by atoms with Crippen molar-refractivity contribution in [1.82, 2.24) is 19.8 Å². The van der Waals surface area contributed by atoms with Gasteiger partial charge in [0.1, 0.15) is 0 Å². The first kappa shape index (κ1) is 14.1. The smallest absolute Gasteiger partial charge is 0.185 e. The fraction of sp³-hybridized carbons (Fsp3) is 0.0526. The van der Waals surface area contributed by atoms with Crippen LogP contribution in [0.25, 0.3) is 28.3 Å². The average molecular weight is 311 g/mol. The number of hydrogen-bond donors (Lipinski definition) is 0. The molecule has 0 aliphatic rings. The molecule has 4 rings (SSSR count). The van der Waals surface area contributed by atoms with Gasteiger partial charge in [-0.05, 0) is 31.2 Å². The number of rotatable bonds is 2. The molecule has 0 saturated heterocycles. The fourth-order valence-electron chi connectivity index (χ4n) is 2.58. The van der Waals surface area contributed by atoms with Crippen LogP contribution in [0.1, 0.15) is 11.1 Å². The van der Waals surface area contributed by atoms with Crippen molar-refractivity contribution >= 4 is 5.65 Å². The number of benzene rings is 2. The summed E-state index contributed by atoms with van der Waals surface area (Å²) in [5, 5.41) is 22.2. The molecule has 2 aromatic carbocycles. The van der Waals surface area contributed by atoms with Crippen LogP contribution >= 0.6 is 0 Å². The lowest BCUT2D eigenvalue weighted by molar-refractivity contribution is 0.942. The van der Waals surface area contributed by atoms with E-state index in [-0.39, 0.29) is 0 Å². The number of nitriles is 1. The summed E-state index contributed by atoms with van der Waals surface area (Å²) in [6, 6.07) is 21.5. The summed E-state index contributed by atoms with van der Waals surface area (Å²) in [5.74, 6) is 0.621. The van der Waals surface area contributed by atoms with Crippen molar-refractivity contribution in [3.63, 3.8) is 0 Å². The van der Waals surface area contributed by atoms with E-state index < -0.39 is 0 Å². The molecule has 0 aliphatic carbocycles. The summed E-state index contributed by atoms with van der Waals surface area (Å²) in [6.45, 7) is 2.06.